The van der Waals surface area contributed by atoms with Crippen molar-refractivity contribution in [1.29, 1.82) is 5.26 Å². The summed E-state index contributed by atoms with van der Waals surface area (Å²) in [5.74, 6) is -0.450. The number of nitriles is 1. The van der Waals surface area contributed by atoms with E-state index in [-0.39, 0.29) is 18.1 Å². The lowest BCUT2D eigenvalue weighted by molar-refractivity contribution is 0.297. The van der Waals surface area contributed by atoms with Crippen molar-refractivity contribution in [2.24, 2.45) is 0 Å². The van der Waals surface area contributed by atoms with Gasteiger partial charge in [0, 0.05) is 16.3 Å². The first-order valence-corrected chi connectivity index (χ1v) is 7.58. The van der Waals surface area contributed by atoms with Gasteiger partial charge in [-0.15, -0.1) is 0 Å². The van der Waals surface area contributed by atoms with Crippen LogP contribution in [0, 0.1) is 17.1 Å². The third-order valence-corrected chi connectivity index (χ3v) is 4.32. The van der Waals surface area contributed by atoms with Crippen molar-refractivity contribution < 1.29 is 9.13 Å². The number of hydrogen-bond donors (Lipinski definition) is 1. The van der Waals surface area contributed by atoms with Gasteiger partial charge >= 0.3 is 0 Å². The average Bonchev–Trinajstić information content (AvgIpc) is 2.56. The number of halogens is 3. The number of benzene rings is 2. The molecule has 0 bridgehead atoms. The van der Waals surface area contributed by atoms with Gasteiger partial charge in [-0.2, -0.15) is 5.26 Å². The molecule has 0 radical (unpaired) electrons. The lowest BCUT2D eigenvalue weighted by Crippen LogP contribution is -2.13. The number of nitrogens with zero attached hydrogens (tertiary/aromatic N) is 1. The van der Waals surface area contributed by atoms with Gasteiger partial charge in [0.15, 0.2) is 0 Å². The quantitative estimate of drug-likeness (QED) is 0.749. The molecule has 0 unspecified atom stereocenters. The molecular weight excluding hydrogens is 354 g/mol. The minimum atomic E-state index is -0.608. The van der Waals surface area contributed by atoms with Crippen molar-refractivity contribution >= 4 is 34.0 Å². The van der Waals surface area contributed by atoms with E-state index in [2.05, 4.69) is 4.98 Å². The monoisotopic (exact) mass is 362 g/mol. The summed E-state index contributed by atoms with van der Waals surface area (Å²) in [4.78, 5) is 14.5. The van der Waals surface area contributed by atoms with Gasteiger partial charge < -0.3 is 4.74 Å². The van der Waals surface area contributed by atoms with E-state index in [1.165, 1.54) is 18.2 Å². The smallest absolute Gasteiger partial charge is 0.269 e. The van der Waals surface area contributed by atoms with E-state index in [0.29, 0.717) is 26.4 Å². The van der Waals surface area contributed by atoms with Gasteiger partial charge in [-0.3, -0.25) is 9.78 Å². The number of rotatable bonds is 3. The molecule has 0 fully saturated rings. The second kappa shape index (κ2) is 6.52. The van der Waals surface area contributed by atoms with Crippen LogP contribution in [0.3, 0.4) is 0 Å². The molecule has 0 saturated heterocycles. The number of ether oxygens (including phenoxy) is 1. The Hall–Kier alpha value is -2.55. The first-order chi connectivity index (χ1) is 11.5. The Balaban J connectivity index is 2.07. The number of hydrogen-bond acceptors (Lipinski definition) is 3. The van der Waals surface area contributed by atoms with Crippen LogP contribution in [0.25, 0.3) is 10.8 Å². The predicted molar refractivity (Wildman–Crippen MR) is 90.0 cm³/mol. The van der Waals surface area contributed by atoms with E-state index in [0.717, 1.165) is 0 Å². The van der Waals surface area contributed by atoms with E-state index < -0.39 is 11.4 Å². The molecule has 24 heavy (non-hydrogen) atoms. The highest BCUT2D eigenvalue weighted by atomic mass is 35.5. The summed E-state index contributed by atoms with van der Waals surface area (Å²) < 4.78 is 19.2. The van der Waals surface area contributed by atoms with Crippen LogP contribution in [0.2, 0.25) is 10.0 Å². The van der Waals surface area contributed by atoms with Crippen molar-refractivity contribution in [1.82, 2.24) is 4.98 Å². The standard InChI is InChI=1S/C17H9Cl2FN2O2/c18-14-3-1-2-9(15(14)19)8-24-17-12-6-10(20)4-5-11(12)13(7-21)16(23)22-17/h1-6H,8H2,(H,22,23). The highest BCUT2D eigenvalue weighted by Crippen LogP contribution is 2.29. The van der Waals surface area contributed by atoms with E-state index in [9.17, 15) is 9.18 Å². The Bertz CT molecular complexity index is 1040. The Labute approximate surface area is 146 Å². The number of fused-ring (bicyclic) bond motifs is 1. The van der Waals surface area contributed by atoms with Crippen LogP contribution in [0.5, 0.6) is 5.88 Å². The first kappa shape index (κ1) is 16.3. The summed E-state index contributed by atoms with van der Waals surface area (Å²) >= 11 is 12.0. The topological polar surface area (TPSA) is 65.9 Å². The fourth-order valence-corrected chi connectivity index (χ4v) is 2.69. The van der Waals surface area contributed by atoms with Crippen LogP contribution in [0.1, 0.15) is 11.1 Å². The third kappa shape index (κ3) is 2.94. The van der Waals surface area contributed by atoms with E-state index in [1.807, 2.05) is 6.07 Å². The van der Waals surface area contributed by atoms with Gasteiger partial charge in [-0.1, -0.05) is 35.3 Å². The van der Waals surface area contributed by atoms with Gasteiger partial charge in [0.25, 0.3) is 5.56 Å². The predicted octanol–water partition coefficient (Wildman–Crippen LogP) is 4.42. The van der Waals surface area contributed by atoms with E-state index >= 15 is 0 Å². The molecule has 7 heteroatoms. The minimum absolute atomic E-state index is 0.0207. The number of pyridine rings is 1. The van der Waals surface area contributed by atoms with Gasteiger partial charge in [0.2, 0.25) is 5.88 Å². The molecule has 0 saturated carbocycles. The highest BCUT2D eigenvalue weighted by Gasteiger charge is 2.13. The zero-order chi connectivity index (χ0) is 17.3. The molecule has 0 spiro atoms. The van der Waals surface area contributed by atoms with E-state index in [1.54, 1.807) is 18.2 Å². The first-order valence-electron chi connectivity index (χ1n) is 6.82. The lowest BCUT2D eigenvalue weighted by atomic mass is 10.1. The SMILES string of the molecule is N#Cc1c(=O)[nH]c(OCc2cccc(Cl)c2Cl)c2cc(F)ccc12. The molecule has 0 amide bonds. The molecule has 2 aromatic carbocycles. The lowest BCUT2D eigenvalue weighted by Gasteiger charge is -2.11. The molecule has 0 aliphatic heterocycles. The van der Waals surface area contributed by atoms with Gasteiger partial charge in [0.1, 0.15) is 24.1 Å². The van der Waals surface area contributed by atoms with Crippen molar-refractivity contribution in [3.8, 4) is 11.9 Å². The maximum Gasteiger partial charge on any atom is 0.269 e. The second-order valence-corrected chi connectivity index (χ2v) is 5.75. The average molecular weight is 363 g/mol. The van der Waals surface area contributed by atoms with Crippen molar-refractivity contribution in [3.63, 3.8) is 0 Å². The summed E-state index contributed by atoms with van der Waals surface area (Å²) in [6.07, 6.45) is 0. The molecular formula is C17H9Cl2FN2O2. The molecule has 3 aromatic rings. The Morgan fingerprint density at radius 1 is 1.21 bits per heavy atom. The normalized spacial score (nSPS) is 10.6. The summed E-state index contributed by atoms with van der Waals surface area (Å²) in [7, 11) is 0. The van der Waals surface area contributed by atoms with Crippen LogP contribution in [-0.4, -0.2) is 4.98 Å². The molecule has 4 nitrogen and oxygen atoms in total. The molecule has 120 valence electrons. The molecule has 3 rings (SSSR count). The Kier molecular flexibility index (Phi) is 4.43. The van der Waals surface area contributed by atoms with Crippen LogP contribution < -0.4 is 10.3 Å². The summed E-state index contributed by atoms with van der Waals surface area (Å²) in [5, 5.41) is 10.4. The highest BCUT2D eigenvalue weighted by molar-refractivity contribution is 6.42. The maximum atomic E-state index is 13.6. The summed E-state index contributed by atoms with van der Waals surface area (Å²) in [6, 6.07) is 10.6. The molecule has 1 N–H and O–H groups in total. The molecule has 0 atom stereocenters. The van der Waals surface area contributed by atoms with Crippen LogP contribution >= 0.6 is 23.2 Å². The van der Waals surface area contributed by atoms with Crippen molar-refractivity contribution in [2.75, 3.05) is 0 Å². The zero-order valence-electron chi connectivity index (χ0n) is 12.1. The third-order valence-electron chi connectivity index (χ3n) is 3.47. The number of H-pyrrole nitrogens is 1. The van der Waals surface area contributed by atoms with Crippen LogP contribution in [0.15, 0.2) is 41.2 Å². The molecule has 1 aromatic heterocycles. The Morgan fingerprint density at radius 2 is 2.00 bits per heavy atom. The Morgan fingerprint density at radius 3 is 2.75 bits per heavy atom. The van der Waals surface area contributed by atoms with Gasteiger partial charge in [-0.05, 0) is 24.3 Å². The molecule has 0 aliphatic rings. The molecule has 1 heterocycles. The maximum absolute atomic E-state index is 13.6. The fourth-order valence-electron chi connectivity index (χ4n) is 2.31. The van der Waals surface area contributed by atoms with Crippen LogP contribution in [0.4, 0.5) is 4.39 Å². The molecule has 0 aliphatic carbocycles. The second-order valence-electron chi connectivity index (χ2n) is 4.96. The number of aromatic amines is 1. The number of aromatic nitrogens is 1. The summed E-state index contributed by atoms with van der Waals surface area (Å²) in [5.41, 5.74) is -0.0964. The van der Waals surface area contributed by atoms with Crippen molar-refractivity contribution in [2.45, 2.75) is 6.61 Å². The zero-order valence-corrected chi connectivity index (χ0v) is 13.6. The largest absolute Gasteiger partial charge is 0.474 e. The van der Waals surface area contributed by atoms with Gasteiger partial charge in [0.05, 0.1) is 10.0 Å². The van der Waals surface area contributed by atoms with E-state index in [4.69, 9.17) is 33.2 Å². The van der Waals surface area contributed by atoms with Crippen LogP contribution in [-0.2, 0) is 6.61 Å². The summed E-state index contributed by atoms with van der Waals surface area (Å²) in [6.45, 7) is 0.0207. The van der Waals surface area contributed by atoms with Gasteiger partial charge in [-0.25, -0.2) is 4.39 Å². The van der Waals surface area contributed by atoms with Crippen molar-refractivity contribution in [3.05, 3.63) is 73.7 Å². The minimum Gasteiger partial charge on any atom is -0.474 e. The number of nitrogens with one attached hydrogen (secondary N) is 1. The fraction of sp³-hybridized carbons (Fsp3) is 0.0588.